The van der Waals surface area contributed by atoms with E-state index in [4.69, 9.17) is 0 Å². The van der Waals surface area contributed by atoms with Gasteiger partial charge in [-0.15, -0.1) is 0 Å². The maximum Gasteiger partial charge on any atom is 0.295 e. The predicted molar refractivity (Wildman–Crippen MR) is 83.5 cm³/mol. The van der Waals surface area contributed by atoms with Gasteiger partial charge in [-0.3, -0.25) is 14.9 Å². The molecule has 0 aliphatic carbocycles. The fourth-order valence-corrected chi connectivity index (χ4v) is 1.94. The Bertz CT molecular complexity index is 674. The highest BCUT2D eigenvalue weighted by atomic mass is 16.6. The number of hydrogen-bond donors (Lipinski definition) is 2. The third-order valence-corrected chi connectivity index (χ3v) is 2.92. The quantitative estimate of drug-likeness (QED) is 0.484. The van der Waals surface area contributed by atoms with E-state index < -0.39 is 4.92 Å². The van der Waals surface area contributed by atoms with E-state index in [2.05, 4.69) is 15.6 Å². The summed E-state index contributed by atoms with van der Waals surface area (Å²) in [5.74, 6) is 0.415. The van der Waals surface area contributed by atoms with E-state index in [1.807, 2.05) is 6.07 Å². The second-order valence-electron chi connectivity index (χ2n) is 4.60. The maximum absolute atomic E-state index is 11.1. The van der Waals surface area contributed by atoms with Crippen LogP contribution < -0.4 is 10.6 Å². The van der Waals surface area contributed by atoms with Gasteiger partial charge in [-0.1, -0.05) is 30.3 Å². The zero-order valence-corrected chi connectivity index (χ0v) is 12.1. The molecule has 7 nitrogen and oxygen atoms in total. The van der Waals surface area contributed by atoms with Crippen molar-refractivity contribution in [1.29, 1.82) is 0 Å². The lowest BCUT2D eigenvalue weighted by Crippen LogP contribution is -2.26. The molecule has 0 aliphatic rings. The SMILES string of the molecule is CC(=O)NCCNc1ccc([N+](=O)[O-])c(-c2ccccc2)n1. The molecular weight excluding hydrogens is 284 g/mol. The summed E-state index contributed by atoms with van der Waals surface area (Å²) in [5, 5.41) is 16.8. The molecule has 0 atom stereocenters. The van der Waals surface area contributed by atoms with Crippen molar-refractivity contribution in [3.8, 4) is 11.3 Å². The number of benzene rings is 1. The fourth-order valence-electron chi connectivity index (χ4n) is 1.94. The fraction of sp³-hybridized carbons (Fsp3) is 0.200. The summed E-state index contributed by atoms with van der Waals surface area (Å²) in [4.78, 5) is 25.8. The summed E-state index contributed by atoms with van der Waals surface area (Å²) in [6, 6.07) is 12.0. The van der Waals surface area contributed by atoms with Crippen molar-refractivity contribution < 1.29 is 9.72 Å². The van der Waals surface area contributed by atoms with Gasteiger partial charge in [0.2, 0.25) is 5.91 Å². The molecule has 2 aromatic rings. The van der Waals surface area contributed by atoms with Gasteiger partial charge in [-0.05, 0) is 6.07 Å². The molecule has 0 unspecified atom stereocenters. The Balaban J connectivity index is 2.21. The number of anilines is 1. The van der Waals surface area contributed by atoms with E-state index >= 15 is 0 Å². The molecule has 1 heterocycles. The van der Waals surface area contributed by atoms with Crippen molar-refractivity contribution in [1.82, 2.24) is 10.3 Å². The Labute approximate surface area is 127 Å². The van der Waals surface area contributed by atoms with Gasteiger partial charge in [-0.2, -0.15) is 0 Å². The maximum atomic E-state index is 11.1. The Morgan fingerprint density at radius 2 is 1.91 bits per heavy atom. The minimum Gasteiger partial charge on any atom is -0.368 e. The second-order valence-corrected chi connectivity index (χ2v) is 4.60. The van der Waals surface area contributed by atoms with Crippen molar-refractivity contribution >= 4 is 17.4 Å². The van der Waals surface area contributed by atoms with Crippen LogP contribution in [0.1, 0.15) is 6.92 Å². The smallest absolute Gasteiger partial charge is 0.295 e. The molecule has 0 spiro atoms. The van der Waals surface area contributed by atoms with Crippen LogP contribution in [-0.2, 0) is 4.79 Å². The first kappa shape index (κ1) is 15.4. The average molecular weight is 300 g/mol. The van der Waals surface area contributed by atoms with Gasteiger partial charge in [-0.25, -0.2) is 4.98 Å². The third kappa shape index (κ3) is 4.02. The summed E-state index contributed by atoms with van der Waals surface area (Å²) in [6.45, 7) is 2.38. The minimum absolute atomic E-state index is 0.0430. The van der Waals surface area contributed by atoms with E-state index in [-0.39, 0.29) is 11.6 Å². The number of nitrogens with zero attached hydrogens (tertiary/aromatic N) is 2. The first-order valence-corrected chi connectivity index (χ1v) is 6.77. The van der Waals surface area contributed by atoms with Crippen LogP contribution in [0.15, 0.2) is 42.5 Å². The van der Waals surface area contributed by atoms with Crippen LogP contribution >= 0.6 is 0 Å². The van der Waals surface area contributed by atoms with Crippen molar-refractivity contribution in [2.24, 2.45) is 0 Å². The first-order chi connectivity index (χ1) is 10.6. The molecule has 114 valence electrons. The van der Waals surface area contributed by atoms with Gasteiger partial charge in [0.05, 0.1) is 4.92 Å². The van der Waals surface area contributed by atoms with Gasteiger partial charge in [0, 0.05) is 31.6 Å². The number of rotatable bonds is 6. The number of amides is 1. The molecule has 0 aliphatic heterocycles. The largest absolute Gasteiger partial charge is 0.368 e. The Hall–Kier alpha value is -2.96. The molecular formula is C15H16N4O3. The highest BCUT2D eigenvalue weighted by molar-refractivity contribution is 5.73. The van der Waals surface area contributed by atoms with E-state index in [0.717, 1.165) is 0 Å². The molecule has 0 saturated carbocycles. The van der Waals surface area contributed by atoms with Gasteiger partial charge in [0.15, 0.2) is 5.69 Å². The topological polar surface area (TPSA) is 97.2 Å². The number of carbonyl (C=O) groups excluding carboxylic acids is 1. The Morgan fingerprint density at radius 3 is 2.55 bits per heavy atom. The van der Waals surface area contributed by atoms with Crippen LogP contribution in [0.4, 0.5) is 11.5 Å². The number of aromatic nitrogens is 1. The molecule has 0 radical (unpaired) electrons. The molecule has 1 aromatic heterocycles. The molecule has 7 heteroatoms. The molecule has 0 saturated heterocycles. The van der Waals surface area contributed by atoms with Crippen LogP contribution in [-0.4, -0.2) is 28.9 Å². The predicted octanol–water partition coefficient (Wildman–Crippen LogP) is 2.20. The number of hydrogen-bond acceptors (Lipinski definition) is 5. The Morgan fingerprint density at radius 1 is 1.18 bits per heavy atom. The van der Waals surface area contributed by atoms with Crippen molar-refractivity contribution in [2.45, 2.75) is 6.92 Å². The van der Waals surface area contributed by atoms with Gasteiger partial charge in [0.1, 0.15) is 5.82 Å². The van der Waals surface area contributed by atoms with E-state index in [1.165, 1.54) is 13.0 Å². The standard InChI is InChI=1S/C15H16N4O3/c1-11(20)16-9-10-17-14-8-7-13(19(21)22)15(18-14)12-5-3-2-4-6-12/h2-8H,9-10H2,1H3,(H,16,20)(H,17,18). The lowest BCUT2D eigenvalue weighted by Gasteiger charge is -2.08. The highest BCUT2D eigenvalue weighted by Crippen LogP contribution is 2.28. The second kappa shape index (κ2) is 7.16. The number of pyridine rings is 1. The molecule has 1 aromatic carbocycles. The molecule has 2 rings (SSSR count). The molecule has 22 heavy (non-hydrogen) atoms. The van der Waals surface area contributed by atoms with Gasteiger partial charge in [0.25, 0.3) is 5.69 Å². The summed E-state index contributed by atoms with van der Waals surface area (Å²) in [7, 11) is 0. The van der Waals surface area contributed by atoms with Crippen molar-refractivity contribution in [3.05, 3.63) is 52.6 Å². The zero-order chi connectivity index (χ0) is 15.9. The van der Waals surface area contributed by atoms with Crippen molar-refractivity contribution in [3.63, 3.8) is 0 Å². The van der Waals surface area contributed by atoms with Crippen LogP contribution in [0, 0.1) is 10.1 Å². The number of nitrogens with one attached hydrogen (secondary N) is 2. The lowest BCUT2D eigenvalue weighted by atomic mass is 10.1. The van der Waals surface area contributed by atoms with E-state index in [0.29, 0.717) is 30.2 Å². The van der Waals surface area contributed by atoms with Gasteiger partial charge >= 0.3 is 0 Å². The highest BCUT2D eigenvalue weighted by Gasteiger charge is 2.17. The molecule has 0 fully saturated rings. The summed E-state index contributed by atoms with van der Waals surface area (Å²) in [5.41, 5.74) is 0.952. The minimum atomic E-state index is -0.448. The first-order valence-electron chi connectivity index (χ1n) is 6.77. The molecule has 2 N–H and O–H groups in total. The van der Waals surface area contributed by atoms with E-state index in [1.54, 1.807) is 30.3 Å². The Kier molecular flexibility index (Phi) is 5.02. The third-order valence-electron chi connectivity index (χ3n) is 2.92. The molecule has 0 bridgehead atoms. The molecule has 1 amide bonds. The summed E-state index contributed by atoms with van der Waals surface area (Å²) < 4.78 is 0. The lowest BCUT2D eigenvalue weighted by molar-refractivity contribution is -0.384. The zero-order valence-electron chi connectivity index (χ0n) is 12.1. The summed E-state index contributed by atoms with van der Waals surface area (Å²) >= 11 is 0. The van der Waals surface area contributed by atoms with Crippen LogP contribution in [0.2, 0.25) is 0 Å². The van der Waals surface area contributed by atoms with E-state index in [9.17, 15) is 14.9 Å². The van der Waals surface area contributed by atoms with Gasteiger partial charge < -0.3 is 10.6 Å². The van der Waals surface area contributed by atoms with Crippen LogP contribution in [0.5, 0.6) is 0 Å². The number of nitro groups is 1. The average Bonchev–Trinajstić information content (AvgIpc) is 2.52. The van der Waals surface area contributed by atoms with Crippen LogP contribution in [0.25, 0.3) is 11.3 Å². The van der Waals surface area contributed by atoms with Crippen molar-refractivity contribution in [2.75, 3.05) is 18.4 Å². The normalized spacial score (nSPS) is 10.0. The number of carbonyl (C=O) groups is 1. The van der Waals surface area contributed by atoms with Crippen LogP contribution in [0.3, 0.4) is 0 Å². The summed E-state index contributed by atoms with van der Waals surface area (Å²) in [6.07, 6.45) is 0. The monoisotopic (exact) mass is 300 g/mol.